The highest BCUT2D eigenvalue weighted by Crippen LogP contribution is 2.23. The number of aryl methyl sites for hydroxylation is 1. The highest BCUT2D eigenvalue weighted by Gasteiger charge is 2.24. The predicted molar refractivity (Wildman–Crippen MR) is 85.6 cm³/mol. The predicted octanol–water partition coefficient (Wildman–Crippen LogP) is 3.81. The van der Waals surface area contributed by atoms with Crippen LogP contribution in [0.1, 0.15) is 51.5 Å². The Morgan fingerprint density at radius 2 is 1.90 bits per heavy atom. The van der Waals surface area contributed by atoms with Crippen LogP contribution in [-0.2, 0) is 11.2 Å². The molecule has 3 nitrogen and oxygen atoms in total. The first-order chi connectivity index (χ1) is 10.3. The fraction of sp³-hybridized carbons (Fsp3) is 0.611. The Balaban J connectivity index is 1.93. The molecule has 0 heterocycles. The van der Waals surface area contributed by atoms with Crippen molar-refractivity contribution in [1.82, 2.24) is 4.90 Å². The maximum Gasteiger partial charge on any atom is 0.260 e. The normalized spacial score (nSPS) is 15.7. The van der Waals surface area contributed by atoms with Crippen LogP contribution in [0.25, 0.3) is 0 Å². The standard InChI is InChI=1S/C18H27NO2/c1-3-15-10-8-9-13-17(15)21-14-18(20)19(4-2)16-11-6-5-7-12-16/h8-10,13,16H,3-7,11-12,14H2,1-2H3. The van der Waals surface area contributed by atoms with E-state index in [0.29, 0.717) is 6.04 Å². The second-order valence-corrected chi connectivity index (χ2v) is 5.72. The molecule has 1 fully saturated rings. The van der Waals surface area contributed by atoms with Crippen LogP contribution in [0.4, 0.5) is 0 Å². The molecule has 2 rings (SSSR count). The van der Waals surface area contributed by atoms with E-state index in [0.717, 1.165) is 37.1 Å². The molecule has 0 spiro atoms. The summed E-state index contributed by atoms with van der Waals surface area (Å²) in [4.78, 5) is 14.5. The second-order valence-electron chi connectivity index (χ2n) is 5.72. The zero-order valence-electron chi connectivity index (χ0n) is 13.3. The van der Waals surface area contributed by atoms with Crippen molar-refractivity contribution in [2.45, 2.75) is 58.4 Å². The summed E-state index contributed by atoms with van der Waals surface area (Å²) in [5, 5.41) is 0. The molecule has 116 valence electrons. The number of carbonyl (C=O) groups is 1. The van der Waals surface area contributed by atoms with Gasteiger partial charge in [0.15, 0.2) is 6.61 Å². The van der Waals surface area contributed by atoms with E-state index >= 15 is 0 Å². The third-order valence-corrected chi connectivity index (χ3v) is 4.38. The Bertz CT molecular complexity index is 452. The Morgan fingerprint density at radius 1 is 1.19 bits per heavy atom. The lowest BCUT2D eigenvalue weighted by Crippen LogP contribution is -2.43. The van der Waals surface area contributed by atoms with E-state index in [1.807, 2.05) is 23.1 Å². The molecule has 21 heavy (non-hydrogen) atoms. The minimum atomic E-state index is 0.121. The summed E-state index contributed by atoms with van der Waals surface area (Å²) in [6, 6.07) is 8.38. The third-order valence-electron chi connectivity index (χ3n) is 4.38. The lowest BCUT2D eigenvalue weighted by Gasteiger charge is -2.33. The smallest absolute Gasteiger partial charge is 0.260 e. The van der Waals surface area contributed by atoms with Gasteiger partial charge in [0.2, 0.25) is 0 Å². The van der Waals surface area contributed by atoms with E-state index in [4.69, 9.17) is 4.74 Å². The first-order valence-corrected chi connectivity index (χ1v) is 8.26. The van der Waals surface area contributed by atoms with Crippen molar-refractivity contribution in [3.05, 3.63) is 29.8 Å². The van der Waals surface area contributed by atoms with E-state index in [-0.39, 0.29) is 12.5 Å². The molecule has 3 heteroatoms. The Kier molecular flexibility index (Phi) is 6.09. The number of carbonyl (C=O) groups excluding carboxylic acids is 1. The van der Waals surface area contributed by atoms with Crippen LogP contribution >= 0.6 is 0 Å². The average Bonchev–Trinajstić information content (AvgIpc) is 2.55. The van der Waals surface area contributed by atoms with Crippen LogP contribution in [0, 0.1) is 0 Å². The van der Waals surface area contributed by atoms with Crippen LogP contribution in [0.3, 0.4) is 0 Å². The molecule has 0 aromatic heterocycles. The fourth-order valence-corrected chi connectivity index (χ4v) is 3.19. The van der Waals surface area contributed by atoms with Crippen LogP contribution in [0.15, 0.2) is 24.3 Å². The lowest BCUT2D eigenvalue weighted by atomic mass is 9.94. The molecule has 1 saturated carbocycles. The highest BCUT2D eigenvalue weighted by molar-refractivity contribution is 5.78. The molecule has 1 aliphatic rings. The third kappa shape index (κ3) is 4.23. The van der Waals surface area contributed by atoms with Crippen LogP contribution in [0.5, 0.6) is 5.75 Å². The van der Waals surface area contributed by atoms with Gasteiger partial charge in [-0.3, -0.25) is 4.79 Å². The number of hydrogen-bond donors (Lipinski definition) is 0. The van der Waals surface area contributed by atoms with Crippen molar-refractivity contribution in [1.29, 1.82) is 0 Å². The Labute approximate surface area is 128 Å². The average molecular weight is 289 g/mol. The molecule has 0 radical (unpaired) electrons. The summed E-state index contributed by atoms with van der Waals surface area (Å²) in [5.74, 6) is 0.961. The lowest BCUT2D eigenvalue weighted by molar-refractivity contribution is -0.136. The van der Waals surface area contributed by atoms with E-state index in [1.54, 1.807) is 0 Å². The van der Waals surface area contributed by atoms with E-state index in [9.17, 15) is 4.79 Å². The van der Waals surface area contributed by atoms with E-state index in [1.165, 1.54) is 19.3 Å². The minimum Gasteiger partial charge on any atom is -0.483 e. The second kappa shape index (κ2) is 8.06. The maximum atomic E-state index is 12.4. The molecule has 0 N–H and O–H groups in total. The maximum absolute atomic E-state index is 12.4. The number of para-hydroxylation sites is 1. The van der Waals surface area contributed by atoms with Crippen LogP contribution < -0.4 is 4.74 Å². The number of ether oxygens (including phenoxy) is 1. The number of benzene rings is 1. The summed E-state index contributed by atoms with van der Waals surface area (Å²) >= 11 is 0. The van der Waals surface area contributed by atoms with Crippen molar-refractivity contribution in [2.75, 3.05) is 13.2 Å². The molecule has 0 atom stereocenters. The van der Waals surface area contributed by atoms with Gasteiger partial charge in [0.1, 0.15) is 5.75 Å². The number of likely N-dealkylation sites (N-methyl/N-ethyl adjacent to an activating group) is 1. The molecular formula is C18H27NO2. The molecule has 1 aliphatic carbocycles. The van der Waals surface area contributed by atoms with Gasteiger partial charge >= 0.3 is 0 Å². The van der Waals surface area contributed by atoms with Crippen LogP contribution in [-0.4, -0.2) is 30.0 Å². The molecule has 1 amide bonds. The summed E-state index contributed by atoms with van der Waals surface area (Å²) < 4.78 is 5.77. The quantitative estimate of drug-likeness (QED) is 0.797. The SMILES string of the molecule is CCc1ccccc1OCC(=O)N(CC)C1CCCCC1. The molecule has 0 bridgehead atoms. The van der Waals surface area contributed by atoms with Gasteiger partial charge in [0.05, 0.1) is 0 Å². The molecular weight excluding hydrogens is 262 g/mol. The number of nitrogens with zero attached hydrogens (tertiary/aromatic N) is 1. The van der Waals surface area contributed by atoms with Gasteiger partial charge in [-0.25, -0.2) is 0 Å². The summed E-state index contributed by atoms with van der Waals surface area (Å²) in [6.45, 7) is 5.10. The molecule has 1 aromatic carbocycles. The van der Waals surface area contributed by atoms with Crippen molar-refractivity contribution < 1.29 is 9.53 Å². The number of rotatable bonds is 6. The summed E-state index contributed by atoms with van der Waals surface area (Å²) in [6.07, 6.45) is 7.01. The van der Waals surface area contributed by atoms with Crippen molar-refractivity contribution in [3.8, 4) is 5.75 Å². The first kappa shape index (κ1) is 15.9. The molecule has 0 aliphatic heterocycles. The van der Waals surface area contributed by atoms with Gasteiger partial charge in [-0.15, -0.1) is 0 Å². The van der Waals surface area contributed by atoms with Crippen molar-refractivity contribution >= 4 is 5.91 Å². The van der Waals surface area contributed by atoms with E-state index in [2.05, 4.69) is 19.9 Å². The van der Waals surface area contributed by atoms with Crippen molar-refractivity contribution in [2.24, 2.45) is 0 Å². The van der Waals surface area contributed by atoms with Gasteiger partial charge < -0.3 is 9.64 Å². The van der Waals surface area contributed by atoms with Gasteiger partial charge in [-0.1, -0.05) is 44.4 Å². The molecule has 0 unspecified atom stereocenters. The number of hydrogen-bond acceptors (Lipinski definition) is 2. The largest absolute Gasteiger partial charge is 0.483 e. The monoisotopic (exact) mass is 289 g/mol. The van der Waals surface area contributed by atoms with Crippen LogP contribution in [0.2, 0.25) is 0 Å². The molecule has 0 saturated heterocycles. The number of amides is 1. The van der Waals surface area contributed by atoms with E-state index < -0.39 is 0 Å². The summed E-state index contributed by atoms with van der Waals surface area (Å²) in [5.41, 5.74) is 1.16. The molecule has 1 aromatic rings. The first-order valence-electron chi connectivity index (χ1n) is 8.26. The topological polar surface area (TPSA) is 29.5 Å². The minimum absolute atomic E-state index is 0.121. The Hall–Kier alpha value is -1.51. The van der Waals surface area contributed by atoms with Gasteiger partial charge in [0, 0.05) is 12.6 Å². The van der Waals surface area contributed by atoms with Gasteiger partial charge in [0.25, 0.3) is 5.91 Å². The highest BCUT2D eigenvalue weighted by atomic mass is 16.5. The zero-order chi connectivity index (χ0) is 15.1. The van der Waals surface area contributed by atoms with Crippen molar-refractivity contribution in [3.63, 3.8) is 0 Å². The van der Waals surface area contributed by atoms with Gasteiger partial charge in [-0.2, -0.15) is 0 Å². The fourth-order valence-electron chi connectivity index (χ4n) is 3.19. The Morgan fingerprint density at radius 3 is 2.57 bits per heavy atom. The zero-order valence-corrected chi connectivity index (χ0v) is 13.3. The van der Waals surface area contributed by atoms with Gasteiger partial charge in [-0.05, 0) is 37.8 Å². The summed E-state index contributed by atoms with van der Waals surface area (Å²) in [7, 11) is 0.